The summed E-state index contributed by atoms with van der Waals surface area (Å²) in [5, 5.41) is 14.4. The molecule has 0 radical (unpaired) electrons. The van der Waals surface area contributed by atoms with Crippen LogP contribution in [0.15, 0.2) is 48.5 Å². The number of nitrogens with one attached hydrogen (secondary N) is 2. The van der Waals surface area contributed by atoms with Crippen molar-refractivity contribution in [3.63, 3.8) is 0 Å². The highest BCUT2D eigenvalue weighted by atomic mass is 19.4. The van der Waals surface area contributed by atoms with Crippen molar-refractivity contribution in [2.45, 2.75) is 17.9 Å². The number of amides is 2. The predicted octanol–water partition coefficient (Wildman–Crippen LogP) is 2.81. The van der Waals surface area contributed by atoms with Gasteiger partial charge in [0.05, 0.1) is 20.3 Å². The van der Waals surface area contributed by atoms with Crippen molar-refractivity contribution in [1.82, 2.24) is 10.6 Å². The molecule has 2 aromatic carbocycles. The van der Waals surface area contributed by atoms with Gasteiger partial charge in [-0.25, -0.2) is 4.79 Å². The van der Waals surface area contributed by atoms with Gasteiger partial charge in [0.2, 0.25) is 5.72 Å². The van der Waals surface area contributed by atoms with Gasteiger partial charge in [-0.15, -0.1) is 0 Å². The molecule has 1 aliphatic heterocycles. The normalized spacial score (nSPS) is 23.9. The molecule has 2 aromatic rings. The third-order valence-electron chi connectivity index (χ3n) is 4.94. The van der Waals surface area contributed by atoms with E-state index in [0.29, 0.717) is 5.75 Å². The quantitative estimate of drug-likeness (QED) is 0.642. The lowest BCUT2D eigenvalue weighted by Gasteiger charge is -2.45. The monoisotopic (exact) mass is 424 g/mol. The molecule has 1 heterocycles. The van der Waals surface area contributed by atoms with Gasteiger partial charge in [0, 0.05) is 11.1 Å². The van der Waals surface area contributed by atoms with Crippen LogP contribution in [0.3, 0.4) is 0 Å². The average molecular weight is 424 g/mol. The number of benzene rings is 2. The summed E-state index contributed by atoms with van der Waals surface area (Å²) in [6, 6.07) is 8.60. The van der Waals surface area contributed by atoms with Crippen LogP contribution in [-0.2, 0) is 0 Å². The number of Topliss-reactive ketones (excluding diaryl/α,β-unsaturated/α-hetero) is 1. The third-order valence-corrected chi connectivity index (χ3v) is 4.94. The van der Waals surface area contributed by atoms with Crippen molar-refractivity contribution in [3.05, 3.63) is 59.7 Å². The minimum Gasteiger partial charge on any atom is -0.497 e. The summed E-state index contributed by atoms with van der Waals surface area (Å²) in [5.74, 6) is -2.61. The van der Waals surface area contributed by atoms with E-state index in [2.05, 4.69) is 5.32 Å². The summed E-state index contributed by atoms with van der Waals surface area (Å²) in [6.45, 7) is 0. The van der Waals surface area contributed by atoms with Crippen LogP contribution >= 0.6 is 0 Å². The number of ketones is 1. The van der Waals surface area contributed by atoms with Gasteiger partial charge in [-0.2, -0.15) is 13.2 Å². The van der Waals surface area contributed by atoms with E-state index >= 15 is 0 Å². The second-order valence-electron chi connectivity index (χ2n) is 6.65. The number of carbonyl (C=O) groups excluding carboxylic acids is 2. The number of carbonyl (C=O) groups is 2. The van der Waals surface area contributed by atoms with E-state index in [1.165, 1.54) is 62.0 Å². The summed E-state index contributed by atoms with van der Waals surface area (Å²) in [5.41, 5.74) is -3.79. The Kier molecular flexibility index (Phi) is 5.62. The highest BCUT2D eigenvalue weighted by Gasteiger charge is 2.66. The Labute approximate surface area is 169 Å². The molecule has 3 N–H and O–H groups in total. The first-order valence-corrected chi connectivity index (χ1v) is 8.81. The maximum absolute atomic E-state index is 13.9. The van der Waals surface area contributed by atoms with E-state index in [0.717, 1.165) is 0 Å². The van der Waals surface area contributed by atoms with E-state index in [1.54, 1.807) is 6.07 Å². The molecule has 3 atom stereocenters. The molecule has 7 nitrogen and oxygen atoms in total. The molecule has 3 rings (SSSR count). The molecular formula is C20H19F3N2O5. The molecule has 0 saturated carbocycles. The number of urea groups is 1. The van der Waals surface area contributed by atoms with E-state index < -0.39 is 35.7 Å². The summed E-state index contributed by atoms with van der Waals surface area (Å²) >= 11 is 0. The highest BCUT2D eigenvalue weighted by molar-refractivity contribution is 6.00. The van der Waals surface area contributed by atoms with Gasteiger partial charge >= 0.3 is 12.2 Å². The predicted molar refractivity (Wildman–Crippen MR) is 99.2 cm³/mol. The molecule has 0 aliphatic carbocycles. The molecule has 30 heavy (non-hydrogen) atoms. The summed E-state index contributed by atoms with van der Waals surface area (Å²) in [7, 11) is 2.70. The van der Waals surface area contributed by atoms with Crippen LogP contribution < -0.4 is 20.1 Å². The van der Waals surface area contributed by atoms with Gasteiger partial charge in [-0.05, 0) is 30.3 Å². The zero-order chi connectivity index (χ0) is 22.1. The van der Waals surface area contributed by atoms with Gasteiger partial charge in [0.1, 0.15) is 17.4 Å². The number of ether oxygens (including phenoxy) is 2. The van der Waals surface area contributed by atoms with Crippen molar-refractivity contribution >= 4 is 11.8 Å². The van der Waals surface area contributed by atoms with Crippen LogP contribution in [0.4, 0.5) is 18.0 Å². The fourth-order valence-corrected chi connectivity index (χ4v) is 3.46. The number of rotatable bonds is 5. The fraction of sp³-hybridized carbons (Fsp3) is 0.300. The number of aliphatic hydroxyl groups is 1. The van der Waals surface area contributed by atoms with Crippen LogP contribution in [0.2, 0.25) is 0 Å². The van der Waals surface area contributed by atoms with Crippen molar-refractivity contribution in [1.29, 1.82) is 0 Å². The Morgan fingerprint density at radius 2 is 1.70 bits per heavy atom. The average Bonchev–Trinajstić information content (AvgIpc) is 2.72. The molecule has 0 spiro atoms. The topological polar surface area (TPSA) is 96.9 Å². The van der Waals surface area contributed by atoms with Crippen LogP contribution in [-0.4, -0.2) is 43.0 Å². The van der Waals surface area contributed by atoms with Crippen LogP contribution in [0.5, 0.6) is 11.5 Å². The van der Waals surface area contributed by atoms with E-state index in [4.69, 9.17) is 9.47 Å². The maximum Gasteiger partial charge on any atom is 0.437 e. The first-order chi connectivity index (χ1) is 14.1. The fourth-order valence-electron chi connectivity index (χ4n) is 3.46. The zero-order valence-corrected chi connectivity index (χ0v) is 16.0. The van der Waals surface area contributed by atoms with Gasteiger partial charge in [-0.3, -0.25) is 4.79 Å². The Morgan fingerprint density at radius 3 is 2.27 bits per heavy atom. The number of methoxy groups -OCH3 is 2. The Bertz CT molecular complexity index is 948. The first kappa shape index (κ1) is 21.4. The molecular weight excluding hydrogens is 405 g/mol. The van der Waals surface area contributed by atoms with E-state index in [-0.39, 0.29) is 16.9 Å². The zero-order valence-electron chi connectivity index (χ0n) is 16.0. The maximum atomic E-state index is 13.9. The Hall–Kier alpha value is -3.27. The van der Waals surface area contributed by atoms with Crippen molar-refractivity contribution < 1.29 is 37.3 Å². The van der Waals surface area contributed by atoms with Crippen LogP contribution in [0.1, 0.15) is 22.0 Å². The highest BCUT2D eigenvalue weighted by Crippen LogP contribution is 2.45. The number of para-hydroxylation sites is 1. The van der Waals surface area contributed by atoms with Gasteiger partial charge in [-0.1, -0.05) is 18.2 Å². The van der Waals surface area contributed by atoms with E-state index in [9.17, 15) is 27.9 Å². The van der Waals surface area contributed by atoms with Crippen molar-refractivity contribution in [2.24, 2.45) is 5.92 Å². The SMILES string of the molecule is COc1ccc(C(=O)[C@@H]2[C@H](c3ccccc3OC)NC(=O)N[C@@]2(O)C(F)(F)F)cc1. The number of hydrogen-bond acceptors (Lipinski definition) is 5. The van der Waals surface area contributed by atoms with Crippen LogP contribution in [0, 0.1) is 5.92 Å². The number of alkyl halides is 3. The van der Waals surface area contributed by atoms with E-state index in [1.807, 2.05) is 0 Å². The molecule has 1 saturated heterocycles. The standard InChI is InChI=1S/C20H19F3N2O5/c1-29-12-9-7-11(8-10-12)17(26)15-16(13-5-3-4-6-14(13)30-2)24-18(27)25-19(15,28)20(21,22)23/h3-10,15-16,28H,1-2H3,(H2,24,25,27)/t15-,16-,19-/m0/s1. The number of halogens is 3. The summed E-state index contributed by atoms with van der Waals surface area (Å²) in [4.78, 5) is 25.3. The Balaban J connectivity index is 2.17. The molecule has 1 aliphatic rings. The molecule has 2 amide bonds. The third kappa shape index (κ3) is 3.65. The smallest absolute Gasteiger partial charge is 0.437 e. The molecule has 160 valence electrons. The van der Waals surface area contributed by atoms with Crippen LogP contribution in [0.25, 0.3) is 0 Å². The summed E-state index contributed by atoms with van der Waals surface area (Å²) < 4.78 is 51.9. The summed E-state index contributed by atoms with van der Waals surface area (Å²) in [6.07, 6.45) is -5.34. The second-order valence-corrected chi connectivity index (χ2v) is 6.65. The largest absolute Gasteiger partial charge is 0.497 e. The van der Waals surface area contributed by atoms with Crippen molar-refractivity contribution in [3.8, 4) is 11.5 Å². The molecule has 10 heteroatoms. The first-order valence-electron chi connectivity index (χ1n) is 8.81. The van der Waals surface area contributed by atoms with Gasteiger partial charge in [0.15, 0.2) is 5.78 Å². The molecule has 1 fully saturated rings. The lowest BCUT2D eigenvalue weighted by atomic mass is 9.77. The van der Waals surface area contributed by atoms with Crippen molar-refractivity contribution in [2.75, 3.05) is 14.2 Å². The van der Waals surface area contributed by atoms with Gasteiger partial charge in [0.25, 0.3) is 0 Å². The second kappa shape index (κ2) is 7.86. The lowest BCUT2D eigenvalue weighted by Crippen LogP contribution is -2.72. The van der Waals surface area contributed by atoms with Gasteiger partial charge < -0.3 is 25.2 Å². The lowest BCUT2D eigenvalue weighted by molar-refractivity contribution is -0.287. The molecule has 0 aromatic heterocycles. The number of hydrogen-bond donors (Lipinski definition) is 3. The molecule has 0 unspecified atom stereocenters. The molecule has 0 bridgehead atoms. The minimum absolute atomic E-state index is 0.0960. The minimum atomic E-state index is -5.34. The Morgan fingerprint density at radius 1 is 1.07 bits per heavy atom.